The van der Waals surface area contributed by atoms with Gasteiger partial charge in [-0.1, -0.05) is 11.6 Å². The lowest BCUT2D eigenvalue weighted by molar-refractivity contribution is -0.0451. The molecule has 0 radical (unpaired) electrons. The van der Waals surface area contributed by atoms with E-state index in [1.807, 2.05) is 0 Å². The van der Waals surface area contributed by atoms with Gasteiger partial charge in [0.1, 0.15) is 18.5 Å². The van der Waals surface area contributed by atoms with Gasteiger partial charge in [-0.05, 0) is 38.0 Å². The molecule has 4 heterocycles. The van der Waals surface area contributed by atoms with Crippen LogP contribution in [0.4, 0.5) is 5.82 Å². The lowest BCUT2D eigenvalue weighted by atomic mass is 9.95. The summed E-state index contributed by atoms with van der Waals surface area (Å²) in [5.74, 6) is 2.75. The van der Waals surface area contributed by atoms with E-state index < -0.39 is 24.5 Å². The second kappa shape index (κ2) is 6.69. The Labute approximate surface area is 171 Å². The van der Waals surface area contributed by atoms with E-state index in [4.69, 9.17) is 9.26 Å². The number of aliphatic hydroxyl groups excluding tert-OH is 2. The number of nitrogens with one attached hydrogen (secondary N) is 1. The van der Waals surface area contributed by atoms with Crippen LogP contribution in [0.15, 0.2) is 17.2 Å². The molecule has 2 saturated carbocycles. The number of ether oxygens (including phenoxy) is 1. The molecule has 0 spiro atoms. The lowest BCUT2D eigenvalue weighted by Crippen LogP contribution is -2.29. The van der Waals surface area contributed by atoms with Crippen molar-refractivity contribution in [3.05, 3.63) is 24.4 Å². The highest BCUT2D eigenvalue weighted by molar-refractivity contribution is 5.82. The van der Waals surface area contributed by atoms with Gasteiger partial charge in [-0.25, -0.2) is 15.0 Å². The molecular formula is C19H23N7O4. The van der Waals surface area contributed by atoms with Gasteiger partial charge in [-0.15, -0.1) is 0 Å². The Morgan fingerprint density at radius 1 is 1.13 bits per heavy atom. The van der Waals surface area contributed by atoms with E-state index >= 15 is 0 Å². The molecule has 11 heteroatoms. The summed E-state index contributed by atoms with van der Waals surface area (Å²) in [5.41, 5.74) is 1.14. The predicted octanol–water partition coefficient (Wildman–Crippen LogP) is 1.11. The average molecular weight is 413 g/mol. The van der Waals surface area contributed by atoms with Crippen LogP contribution >= 0.6 is 0 Å². The first kappa shape index (κ1) is 18.2. The van der Waals surface area contributed by atoms with E-state index in [0.29, 0.717) is 34.8 Å². The van der Waals surface area contributed by atoms with Crippen molar-refractivity contribution in [2.24, 2.45) is 11.8 Å². The average Bonchev–Trinajstić information content (AvgIpc) is 3.54. The molecule has 2 aliphatic carbocycles. The molecule has 1 saturated heterocycles. The molecule has 0 aromatic carbocycles. The van der Waals surface area contributed by atoms with Gasteiger partial charge in [-0.3, -0.25) is 4.57 Å². The van der Waals surface area contributed by atoms with Crippen molar-refractivity contribution in [3.8, 4) is 0 Å². The van der Waals surface area contributed by atoms with Crippen molar-refractivity contribution in [1.29, 1.82) is 0 Å². The Morgan fingerprint density at radius 3 is 2.77 bits per heavy atom. The van der Waals surface area contributed by atoms with E-state index in [2.05, 4.69) is 30.4 Å². The van der Waals surface area contributed by atoms with Crippen LogP contribution in [0.1, 0.15) is 49.7 Å². The number of anilines is 1. The minimum Gasteiger partial charge on any atom is -0.387 e. The Hall–Kier alpha value is -2.63. The summed E-state index contributed by atoms with van der Waals surface area (Å²) in [4.78, 5) is 17.4. The molecule has 3 aromatic heterocycles. The van der Waals surface area contributed by atoms with Gasteiger partial charge in [-0.2, -0.15) is 4.98 Å². The number of aromatic nitrogens is 6. The third-order valence-corrected chi connectivity index (χ3v) is 6.72. The summed E-state index contributed by atoms with van der Waals surface area (Å²) in [6.07, 6.45) is 3.82. The predicted molar refractivity (Wildman–Crippen MR) is 102 cm³/mol. The molecule has 0 unspecified atom stereocenters. The number of hydrogen-bond acceptors (Lipinski definition) is 10. The summed E-state index contributed by atoms with van der Waals surface area (Å²) in [6.45, 7) is 1.67. The molecule has 0 amide bonds. The van der Waals surface area contributed by atoms with E-state index in [1.165, 1.54) is 32.0 Å². The van der Waals surface area contributed by atoms with Gasteiger partial charge in [0.05, 0.1) is 6.33 Å². The van der Waals surface area contributed by atoms with Gasteiger partial charge in [0.2, 0.25) is 0 Å². The molecule has 2 bridgehead atoms. The largest absolute Gasteiger partial charge is 0.387 e. The number of rotatable bonds is 4. The second-order valence-electron chi connectivity index (χ2n) is 8.58. The minimum absolute atomic E-state index is 0.124. The second-order valence-corrected chi connectivity index (χ2v) is 8.58. The number of aryl methyl sites for hydroxylation is 1. The maximum absolute atomic E-state index is 10.6. The zero-order valence-corrected chi connectivity index (χ0v) is 16.4. The van der Waals surface area contributed by atoms with Crippen LogP contribution < -0.4 is 5.32 Å². The molecule has 1 aliphatic heterocycles. The van der Waals surface area contributed by atoms with E-state index in [0.717, 1.165) is 5.92 Å². The minimum atomic E-state index is -1.22. The number of fused-ring (bicyclic) bond motifs is 3. The van der Waals surface area contributed by atoms with Crippen LogP contribution in [0.2, 0.25) is 0 Å². The van der Waals surface area contributed by atoms with Crippen LogP contribution in [0.5, 0.6) is 0 Å². The monoisotopic (exact) mass is 413 g/mol. The molecular weight excluding hydrogens is 390 g/mol. The van der Waals surface area contributed by atoms with Crippen molar-refractivity contribution in [1.82, 2.24) is 29.7 Å². The quantitative estimate of drug-likeness (QED) is 0.569. The standard InChI is InChI=1S/C19H23N7O4/c1-8-23-18(30-25-8)15-13(27)14(28)19(29-15)26-7-22-12-16(20-6-21-17(12)26)24-11-5-9-2-3-10(11)4-9/h6-7,9-11,13-15,19,27-28H,2-5H2,1H3,(H,20,21,24)/t9-,10+,11+,13+,14-,15+,19-/m1/s1. The van der Waals surface area contributed by atoms with Crippen LogP contribution in [0.3, 0.4) is 0 Å². The molecule has 6 rings (SSSR count). The molecule has 3 aromatic rings. The third kappa shape index (κ3) is 2.72. The molecule has 3 N–H and O–H groups in total. The van der Waals surface area contributed by atoms with Crippen LogP contribution in [-0.2, 0) is 4.74 Å². The van der Waals surface area contributed by atoms with Crippen LogP contribution in [-0.4, -0.2) is 58.1 Å². The normalized spacial score (nSPS) is 35.5. The number of aliphatic hydroxyl groups is 2. The zero-order valence-electron chi connectivity index (χ0n) is 16.4. The third-order valence-electron chi connectivity index (χ3n) is 6.72. The Kier molecular flexibility index (Phi) is 4.05. The first-order chi connectivity index (χ1) is 14.6. The van der Waals surface area contributed by atoms with Crippen molar-refractivity contribution >= 4 is 17.0 Å². The Morgan fingerprint density at radius 2 is 2.03 bits per heavy atom. The molecule has 30 heavy (non-hydrogen) atoms. The summed E-state index contributed by atoms with van der Waals surface area (Å²) in [5, 5.41) is 28.4. The maximum atomic E-state index is 10.6. The fourth-order valence-corrected chi connectivity index (χ4v) is 5.26. The van der Waals surface area contributed by atoms with Gasteiger partial charge in [0, 0.05) is 6.04 Å². The Balaban J connectivity index is 1.30. The first-order valence-corrected chi connectivity index (χ1v) is 10.3. The van der Waals surface area contributed by atoms with Crippen LogP contribution in [0.25, 0.3) is 11.2 Å². The fourth-order valence-electron chi connectivity index (χ4n) is 5.26. The van der Waals surface area contributed by atoms with Crippen LogP contribution in [0, 0.1) is 18.8 Å². The molecule has 3 fully saturated rings. The highest BCUT2D eigenvalue weighted by atomic mass is 16.6. The summed E-state index contributed by atoms with van der Waals surface area (Å²) in [6, 6.07) is 0.410. The zero-order chi connectivity index (χ0) is 20.4. The van der Waals surface area contributed by atoms with E-state index in [9.17, 15) is 10.2 Å². The maximum Gasteiger partial charge on any atom is 0.258 e. The van der Waals surface area contributed by atoms with E-state index in [-0.39, 0.29) is 5.89 Å². The van der Waals surface area contributed by atoms with Gasteiger partial charge >= 0.3 is 0 Å². The lowest BCUT2D eigenvalue weighted by Gasteiger charge is -2.23. The summed E-state index contributed by atoms with van der Waals surface area (Å²) in [7, 11) is 0. The van der Waals surface area contributed by atoms with Gasteiger partial charge in [0.25, 0.3) is 5.89 Å². The fraction of sp³-hybridized carbons (Fsp3) is 0.632. The summed E-state index contributed by atoms with van der Waals surface area (Å²) >= 11 is 0. The highest BCUT2D eigenvalue weighted by Gasteiger charge is 2.47. The molecule has 11 nitrogen and oxygen atoms in total. The van der Waals surface area contributed by atoms with E-state index in [1.54, 1.807) is 17.8 Å². The topological polar surface area (TPSA) is 144 Å². The summed E-state index contributed by atoms with van der Waals surface area (Å²) < 4.78 is 12.6. The Bertz CT molecular complexity index is 1080. The van der Waals surface area contributed by atoms with Gasteiger partial charge < -0.3 is 24.8 Å². The number of imidazole rings is 1. The smallest absolute Gasteiger partial charge is 0.258 e. The van der Waals surface area contributed by atoms with Crippen molar-refractivity contribution in [2.75, 3.05) is 5.32 Å². The highest BCUT2D eigenvalue weighted by Crippen LogP contribution is 2.46. The van der Waals surface area contributed by atoms with Gasteiger partial charge in [0.15, 0.2) is 35.1 Å². The number of hydrogen-bond donors (Lipinski definition) is 3. The molecule has 7 atom stereocenters. The van der Waals surface area contributed by atoms with Crippen molar-refractivity contribution < 1.29 is 19.5 Å². The van der Waals surface area contributed by atoms with Crippen molar-refractivity contribution in [2.45, 2.75) is 63.2 Å². The molecule has 3 aliphatic rings. The number of nitrogens with zero attached hydrogens (tertiary/aromatic N) is 6. The first-order valence-electron chi connectivity index (χ1n) is 10.3. The van der Waals surface area contributed by atoms with Crippen molar-refractivity contribution in [3.63, 3.8) is 0 Å². The molecule has 158 valence electrons. The SMILES string of the molecule is Cc1noc([C@H]2O[C@@H](n3cnc4c(N[C@H]5C[C@@H]6CC[C@H]5C6)ncnc43)[C@H](O)[C@@H]2O)n1.